The first-order chi connectivity index (χ1) is 20.8. The van der Waals surface area contributed by atoms with Crippen molar-refractivity contribution in [2.75, 3.05) is 23.7 Å². The van der Waals surface area contributed by atoms with E-state index < -0.39 is 27.4 Å². The number of ether oxygens (including phenoxy) is 1. The first kappa shape index (κ1) is 27.9. The van der Waals surface area contributed by atoms with Crippen molar-refractivity contribution < 1.29 is 21.9 Å². The van der Waals surface area contributed by atoms with Crippen molar-refractivity contribution in [3.05, 3.63) is 77.5 Å². The number of fused-ring (bicyclic) bond motifs is 1. The molecule has 12 heteroatoms. The Morgan fingerprint density at radius 2 is 1.86 bits per heavy atom. The predicted octanol–water partition coefficient (Wildman–Crippen LogP) is 5.16. The number of nitrogens with zero attached hydrogens (tertiary/aromatic N) is 3. The van der Waals surface area contributed by atoms with Gasteiger partial charge in [-0.3, -0.25) is 9.40 Å². The van der Waals surface area contributed by atoms with Crippen molar-refractivity contribution in [2.45, 2.75) is 56.0 Å². The highest BCUT2D eigenvalue weighted by atomic mass is 32.2. The molecular formula is C31H32F2N6O3S. The number of hydrogen-bond donors (Lipinski definition) is 3. The fraction of sp³-hybridized carbons (Fsp3) is 0.355. The third-order valence-electron chi connectivity index (χ3n) is 8.32. The number of hydrogen-bond acceptors (Lipinski definition) is 7. The molecule has 43 heavy (non-hydrogen) atoms. The first-order valence-electron chi connectivity index (χ1n) is 14.5. The Balaban J connectivity index is 1.20. The molecule has 1 atom stereocenters. The molecule has 3 heterocycles. The average Bonchev–Trinajstić information content (AvgIpc) is 3.73. The van der Waals surface area contributed by atoms with Gasteiger partial charge in [-0.15, -0.1) is 0 Å². The summed E-state index contributed by atoms with van der Waals surface area (Å²) < 4.78 is 64.4. The van der Waals surface area contributed by atoms with Crippen LogP contribution < -0.4 is 15.8 Å². The zero-order chi connectivity index (χ0) is 29.7. The third-order valence-corrected chi connectivity index (χ3v) is 9.55. The number of allylic oxidation sites excluding steroid dienone is 1. The van der Waals surface area contributed by atoms with Crippen LogP contribution in [0.25, 0.3) is 27.7 Å². The lowest BCUT2D eigenvalue weighted by molar-refractivity contribution is -0.0103. The molecule has 4 N–H and O–H groups in total. The average molecular weight is 607 g/mol. The summed E-state index contributed by atoms with van der Waals surface area (Å²) in [7, 11) is -4.07. The second-order valence-electron chi connectivity index (χ2n) is 11.6. The quantitative estimate of drug-likeness (QED) is 0.241. The molecule has 0 amide bonds. The van der Waals surface area contributed by atoms with Crippen LogP contribution in [0.3, 0.4) is 0 Å². The molecule has 3 aliphatic rings. The smallest absolute Gasteiger partial charge is 0.237 e. The van der Waals surface area contributed by atoms with Crippen LogP contribution in [0.15, 0.2) is 54.7 Å². The third kappa shape index (κ3) is 5.62. The molecule has 2 fully saturated rings. The molecule has 0 radical (unpaired) electrons. The largest absolute Gasteiger partial charge is 0.383 e. The normalized spacial score (nSPS) is 19.3. The molecule has 1 saturated carbocycles. The highest BCUT2D eigenvalue weighted by Crippen LogP contribution is 2.44. The van der Waals surface area contributed by atoms with Crippen molar-refractivity contribution in [3.63, 3.8) is 0 Å². The zero-order valence-electron chi connectivity index (χ0n) is 23.4. The summed E-state index contributed by atoms with van der Waals surface area (Å²) >= 11 is 0. The maximum atomic E-state index is 15.4. The number of halogens is 2. The first-order valence-corrected chi connectivity index (χ1v) is 16.1. The Morgan fingerprint density at radius 3 is 2.53 bits per heavy atom. The minimum atomic E-state index is -4.07. The van der Waals surface area contributed by atoms with E-state index in [0.29, 0.717) is 34.5 Å². The summed E-state index contributed by atoms with van der Waals surface area (Å²) in [5.41, 5.74) is 10.2. The number of nitrogens with two attached hydrogens (primary N) is 1. The maximum Gasteiger partial charge on any atom is 0.237 e. The molecule has 1 aliphatic heterocycles. The molecule has 4 aromatic rings. The van der Waals surface area contributed by atoms with Crippen molar-refractivity contribution in [3.8, 4) is 11.3 Å². The van der Waals surface area contributed by atoms with E-state index in [1.54, 1.807) is 12.1 Å². The van der Waals surface area contributed by atoms with Crippen molar-refractivity contribution in [1.82, 2.24) is 20.1 Å². The van der Waals surface area contributed by atoms with E-state index in [4.69, 9.17) is 15.6 Å². The Bertz CT molecular complexity index is 1850. The molecular weight excluding hydrogens is 574 g/mol. The van der Waals surface area contributed by atoms with Gasteiger partial charge in [0.25, 0.3) is 0 Å². The highest BCUT2D eigenvalue weighted by molar-refractivity contribution is 7.91. The topological polar surface area (TPSA) is 124 Å². The fourth-order valence-electron chi connectivity index (χ4n) is 5.88. The molecule has 0 bridgehead atoms. The molecule has 2 aromatic carbocycles. The SMILES string of the molecule is Nc1ncc(C2=CCC(NC3COC3)CC2)c2c1c(-c1ccc(NS(=O)(=O)Cc3ccccc3F)c(F)c1)nn2C1CC1. The standard InChI is InChI=1S/C31H32F2N6O3S/c32-25-4-2-1-3-20(25)17-43(40,41)38-27-12-7-19(13-26(27)33)29-28-30(39(37-29)23-10-11-23)24(14-35-31(28)34)18-5-8-21(9-6-18)36-22-15-42-16-22/h1-5,7,12-14,21-23,36,38H,6,8-11,15-17H2,(H2,34,35). The van der Waals surface area contributed by atoms with Crippen molar-refractivity contribution in [2.24, 2.45) is 0 Å². The molecule has 0 spiro atoms. The van der Waals surface area contributed by atoms with Crippen LogP contribution in [0.2, 0.25) is 0 Å². The number of sulfonamides is 1. The van der Waals surface area contributed by atoms with E-state index >= 15 is 4.39 Å². The lowest BCUT2D eigenvalue weighted by Gasteiger charge is -2.33. The molecule has 1 saturated heterocycles. The van der Waals surface area contributed by atoms with Gasteiger partial charge in [0.15, 0.2) is 0 Å². The summed E-state index contributed by atoms with van der Waals surface area (Å²) in [6.45, 7) is 1.53. The minimum absolute atomic E-state index is 0.00396. The van der Waals surface area contributed by atoms with E-state index in [9.17, 15) is 12.8 Å². The van der Waals surface area contributed by atoms with Gasteiger partial charge in [-0.2, -0.15) is 5.10 Å². The monoisotopic (exact) mass is 606 g/mol. The second kappa shape index (κ2) is 11.0. The van der Waals surface area contributed by atoms with Gasteiger partial charge in [0.1, 0.15) is 23.1 Å². The van der Waals surface area contributed by atoms with Gasteiger partial charge >= 0.3 is 0 Å². The van der Waals surface area contributed by atoms with Gasteiger partial charge in [-0.1, -0.05) is 30.3 Å². The second-order valence-corrected chi connectivity index (χ2v) is 13.3. The lowest BCUT2D eigenvalue weighted by Crippen LogP contribution is -2.50. The van der Waals surface area contributed by atoms with Crippen LogP contribution >= 0.6 is 0 Å². The number of nitrogens with one attached hydrogen (secondary N) is 2. The van der Waals surface area contributed by atoms with Gasteiger partial charge in [0.05, 0.1) is 47.6 Å². The van der Waals surface area contributed by atoms with Gasteiger partial charge < -0.3 is 15.8 Å². The molecule has 1 unspecified atom stereocenters. The van der Waals surface area contributed by atoms with Crippen LogP contribution in [0, 0.1) is 11.6 Å². The van der Waals surface area contributed by atoms with Gasteiger partial charge in [-0.05, 0) is 55.9 Å². The van der Waals surface area contributed by atoms with E-state index in [1.807, 2.05) is 10.9 Å². The zero-order valence-corrected chi connectivity index (χ0v) is 24.2. The highest BCUT2D eigenvalue weighted by Gasteiger charge is 2.32. The summed E-state index contributed by atoms with van der Waals surface area (Å²) in [6.07, 6.45) is 8.84. The van der Waals surface area contributed by atoms with Crippen LogP contribution in [-0.2, 0) is 20.5 Å². The number of anilines is 2. The van der Waals surface area contributed by atoms with Gasteiger partial charge in [0.2, 0.25) is 10.0 Å². The molecule has 224 valence electrons. The number of benzene rings is 2. The summed E-state index contributed by atoms with van der Waals surface area (Å²) in [6, 6.07) is 10.8. The Morgan fingerprint density at radius 1 is 1.05 bits per heavy atom. The number of aromatic nitrogens is 3. The van der Waals surface area contributed by atoms with Gasteiger partial charge in [-0.25, -0.2) is 22.2 Å². The Kier molecular flexibility index (Phi) is 7.15. The summed E-state index contributed by atoms with van der Waals surface area (Å²) in [5.74, 6) is -1.74. The lowest BCUT2D eigenvalue weighted by atomic mass is 9.89. The van der Waals surface area contributed by atoms with Crippen LogP contribution in [0.4, 0.5) is 20.3 Å². The predicted molar refractivity (Wildman–Crippen MR) is 162 cm³/mol. The molecule has 2 aliphatic carbocycles. The van der Waals surface area contributed by atoms with E-state index in [2.05, 4.69) is 21.1 Å². The Hall–Kier alpha value is -3.87. The minimum Gasteiger partial charge on any atom is -0.383 e. The summed E-state index contributed by atoms with van der Waals surface area (Å²) in [5, 5.41) is 9.23. The van der Waals surface area contributed by atoms with Crippen LogP contribution in [0.5, 0.6) is 0 Å². The number of rotatable bonds is 9. The van der Waals surface area contributed by atoms with E-state index in [1.165, 1.54) is 35.9 Å². The van der Waals surface area contributed by atoms with Crippen molar-refractivity contribution in [1.29, 1.82) is 0 Å². The summed E-state index contributed by atoms with van der Waals surface area (Å²) in [4.78, 5) is 4.52. The Labute approximate surface area is 248 Å². The van der Waals surface area contributed by atoms with Crippen LogP contribution in [-0.4, -0.2) is 48.5 Å². The molecule has 2 aromatic heterocycles. The maximum absolute atomic E-state index is 15.4. The number of nitrogen functional groups attached to an aromatic ring is 1. The van der Waals surface area contributed by atoms with Crippen molar-refractivity contribution >= 4 is 38.0 Å². The fourth-order valence-corrected chi connectivity index (χ4v) is 7.10. The van der Waals surface area contributed by atoms with E-state index in [-0.39, 0.29) is 17.3 Å². The van der Waals surface area contributed by atoms with E-state index in [0.717, 1.165) is 56.4 Å². The number of pyridine rings is 1. The molecule has 7 rings (SSSR count). The van der Waals surface area contributed by atoms with Gasteiger partial charge in [0, 0.05) is 28.9 Å². The molecule has 9 nitrogen and oxygen atoms in total. The van der Waals surface area contributed by atoms with Crippen LogP contribution in [0.1, 0.15) is 49.3 Å².